The Morgan fingerprint density at radius 3 is 2.36 bits per heavy atom. The minimum atomic E-state index is -1.90. The van der Waals surface area contributed by atoms with Crippen LogP contribution in [0.3, 0.4) is 0 Å². The molecule has 0 spiro atoms. The fourth-order valence-electron chi connectivity index (χ4n) is 3.10. The summed E-state index contributed by atoms with van der Waals surface area (Å²) in [6.07, 6.45) is 0. The molecule has 3 aromatic carbocycles. The fraction of sp³-hybridized carbons (Fsp3) is 0.208. The van der Waals surface area contributed by atoms with Crippen molar-refractivity contribution < 1.29 is 19.4 Å². The number of carbonyl (C=O) groups is 1. The summed E-state index contributed by atoms with van der Waals surface area (Å²) >= 11 is 0. The first-order valence-corrected chi connectivity index (χ1v) is 9.28. The predicted molar refractivity (Wildman–Crippen MR) is 108 cm³/mol. The van der Waals surface area contributed by atoms with Gasteiger partial charge in [0.2, 0.25) is 5.60 Å². The largest absolute Gasteiger partial charge is 0.489 e. The molecule has 1 unspecified atom stereocenters. The van der Waals surface area contributed by atoms with E-state index in [9.17, 15) is 9.90 Å². The monoisotopic (exact) mass is 376 g/mol. The molecule has 144 valence electrons. The van der Waals surface area contributed by atoms with E-state index in [1.165, 1.54) is 0 Å². The number of hydrogen-bond acceptors (Lipinski definition) is 4. The summed E-state index contributed by atoms with van der Waals surface area (Å²) in [7, 11) is 0. The fourth-order valence-corrected chi connectivity index (χ4v) is 3.10. The molecule has 0 saturated carbocycles. The van der Waals surface area contributed by atoms with E-state index in [0.29, 0.717) is 23.5 Å². The molecule has 1 N–H and O–H groups in total. The van der Waals surface area contributed by atoms with Crippen LogP contribution in [0.1, 0.15) is 29.2 Å². The summed E-state index contributed by atoms with van der Waals surface area (Å²) in [6.45, 7) is 4.32. The predicted octanol–water partition coefficient (Wildman–Crippen LogP) is 4.37. The maximum absolute atomic E-state index is 12.7. The van der Waals surface area contributed by atoms with E-state index < -0.39 is 11.6 Å². The van der Waals surface area contributed by atoms with Gasteiger partial charge in [0.1, 0.15) is 12.4 Å². The van der Waals surface area contributed by atoms with Crippen molar-refractivity contribution in [3.8, 4) is 5.75 Å². The third-order valence-electron chi connectivity index (χ3n) is 4.50. The Labute approximate surface area is 165 Å². The van der Waals surface area contributed by atoms with Gasteiger partial charge in [0.05, 0.1) is 6.61 Å². The van der Waals surface area contributed by atoms with Gasteiger partial charge in [-0.3, -0.25) is 0 Å². The molecule has 0 amide bonds. The first-order chi connectivity index (χ1) is 13.5. The van der Waals surface area contributed by atoms with Gasteiger partial charge in [-0.05, 0) is 37.1 Å². The molecule has 0 radical (unpaired) electrons. The van der Waals surface area contributed by atoms with Crippen LogP contribution >= 0.6 is 0 Å². The number of benzene rings is 3. The maximum Gasteiger partial charge on any atom is 0.347 e. The highest BCUT2D eigenvalue weighted by atomic mass is 16.5. The average molecular weight is 376 g/mol. The Hall–Kier alpha value is -3.11. The first-order valence-electron chi connectivity index (χ1n) is 9.28. The van der Waals surface area contributed by atoms with E-state index >= 15 is 0 Å². The van der Waals surface area contributed by atoms with Gasteiger partial charge in [-0.25, -0.2) is 4.79 Å². The van der Waals surface area contributed by atoms with Gasteiger partial charge in [0.25, 0.3) is 0 Å². The van der Waals surface area contributed by atoms with E-state index in [2.05, 4.69) is 6.07 Å². The number of esters is 1. The molecule has 3 rings (SSSR count). The van der Waals surface area contributed by atoms with Crippen molar-refractivity contribution in [3.63, 3.8) is 0 Å². The highest BCUT2D eigenvalue weighted by molar-refractivity contribution is 5.85. The molecular weight excluding hydrogens is 352 g/mol. The van der Waals surface area contributed by atoms with Gasteiger partial charge in [0, 0.05) is 5.56 Å². The molecule has 0 heterocycles. The number of carbonyl (C=O) groups excluding carboxylic acids is 1. The maximum atomic E-state index is 12.7. The normalized spacial score (nSPS) is 12.8. The van der Waals surface area contributed by atoms with Crippen molar-refractivity contribution >= 4 is 5.97 Å². The molecule has 0 aromatic heterocycles. The lowest BCUT2D eigenvalue weighted by Gasteiger charge is -2.27. The van der Waals surface area contributed by atoms with Gasteiger partial charge in [-0.15, -0.1) is 0 Å². The molecule has 0 aliphatic rings. The van der Waals surface area contributed by atoms with Crippen LogP contribution in [0.25, 0.3) is 0 Å². The van der Waals surface area contributed by atoms with Gasteiger partial charge < -0.3 is 14.6 Å². The highest BCUT2D eigenvalue weighted by Gasteiger charge is 2.41. The van der Waals surface area contributed by atoms with E-state index in [4.69, 9.17) is 9.47 Å². The standard InChI is InChI=1S/C24H24O4/c1-3-27-23(25)24(26,20-11-5-4-6-12-20)21-13-8-14-22(16-21)28-17-19-10-7-9-18(2)15-19/h4-16,26H,3,17H2,1-2H3. The van der Waals surface area contributed by atoms with Crippen LogP contribution in [-0.2, 0) is 21.7 Å². The highest BCUT2D eigenvalue weighted by Crippen LogP contribution is 2.33. The Balaban J connectivity index is 1.91. The quantitative estimate of drug-likeness (QED) is 0.622. The smallest absolute Gasteiger partial charge is 0.347 e. The van der Waals surface area contributed by atoms with Crippen LogP contribution in [0, 0.1) is 6.92 Å². The topological polar surface area (TPSA) is 55.8 Å². The van der Waals surface area contributed by atoms with Crippen LogP contribution in [0.4, 0.5) is 0 Å². The molecule has 4 heteroatoms. The zero-order chi connectivity index (χ0) is 20.0. The molecule has 4 nitrogen and oxygen atoms in total. The minimum Gasteiger partial charge on any atom is -0.489 e. The van der Waals surface area contributed by atoms with Crippen LogP contribution in [0.2, 0.25) is 0 Å². The van der Waals surface area contributed by atoms with E-state index in [1.807, 2.05) is 31.2 Å². The molecule has 1 atom stereocenters. The third-order valence-corrected chi connectivity index (χ3v) is 4.50. The van der Waals surface area contributed by atoms with Crippen molar-refractivity contribution in [3.05, 3.63) is 101 Å². The number of rotatable bonds is 7. The SMILES string of the molecule is CCOC(=O)C(O)(c1ccccc1)c1cccc(OCc2cccc(C)c2)c1. The number of hydrogen-bond donors (Lipinski definition) is 1. The van der Waals surface area contributed by atoms with Crippen molar-refractivity contribution in [2.45, 2.75) is 26.1 Å². The Kier molecular flexibility index (Phi) is 6.12. The average Bonchev–Trinajstić information content (AvgIpc) is 2.73. The van der Waals surface area contributed by atoms with Gasteiger partial charge in [-0.1, -0.05) is 72.3 Å². The summed E-state index contributed by atoms with van der Waals surface area (Å²) in [6, 6.07) is 23.8. The van der Waals surface area contributed by atoms with Crippen LogP contribution < -0.4 is 4.74 Å². The molecule has 0 aliphatic carbocycles. The summed E-state index contributed by atoms with van der Waals surface area (Å²) in [5, 5.41) is 11.4. The van der Waals surface area contributed by atoms with Gasteiger partial charge >= 0.3 is 5.97 Å². The van der Waals surface area contributed by atoms with Gasteiger partial charge in [-0.2, -0.15) is 0 Å². The van der Waals surface area contributed by atoms with E-state index in [0.717, 1.165) is 11.1 Å². The lowest BCUT2D eigenvalue weighted by molar-refractivity contribution is -0.161. The second-order valence-corrected chi connectivity index (χ2v) is 6.60. The molecule has 0 aliphatic heterocycles. The molecule has 0 fully saturated rings. The molecule has 3 aromatic rings. The minimum absolute atomic E-state index is 0.178. The number of aliphatic hydroxyl groups is 1. The molecular formula is C24H24O4. The van der Waals surface area contributed by atoms with Crippen molar-refractivity contribution in [2.24, 2.45) is 0 Å². The Bertz CT molecular complexity index is 936. The first kappa shape index (κ1) is 19.6. The Morgan fingerprint density at radius 2 is 1.64 bits per heavy atom. The second kappa shape index (κ2) is 8.72. The van der Waals surface area contributed by atoms with Gasteiger partial charge in [0.15, 0.2) is 0 Å². The molecule has 0 bridgehead atoms. The zero-order valence-electron chi connectivity index (χ0n) is 16.1. The van der Waals surface area contributed by atoms with E-state index in [-0.39, 0.29) is 6.61 Å². The van der Waals surface area contributed by atoms with E-state index in [1.54, 1.807) is 55.5 Å². The third kappa shape index (κ3) is 4.24. The van der Waals surface area contributed by atoms with Crippen LogP contribution in [0.15, 0.2) is 78.9 Å². The Morgan fingerprint density at radius 1 is 0.929 bits per heavy atom. The lowest BCUT2D eigenvalue weighted by Crippen LogP contribution is -2.38. The lowest BCUT2D eigenvalue weighted by atomic mass is 9.86. The number of ether oxygens (including phenoxy) is 2. The molecule has 28 heavy (non-hydrogen) atoms. The van der Waals surface area contributed by atoms with Crippen molar-refractivity contribution in [1.82, 2.24) is 0 Å². The van der Waals surface area contributed by atoms with Crippen LogP contribution in [-0.4, -0.2) is 17.7 Å². The summed E-state index contributed by atoms with van der Waals surface area (Å²) in [5.41, 5.74) is 1.16. The zero-order valence-corrected chi connectivity index (χ0v) is 16.1. The van der Waals surface area contributed by atoms with Crippen LogP contribution in [0.5, 0.6) is 5.75 Å². The summed E-state index contributed by atoms with van der Waals surface area (Å²) in [4.78, 5) is 12.7. The summed E-state index contributed by atoms with van der Waals surface area (Å²) in [5.74, 6) is -0.144. The second-order valence-electron chi connectivity index (χ2n) is 6.60. The molecule has 0 saturated heterocycles. The number of aryl methyl sites for hydroxylation is 1. The summed E-state index contributed by atoms with van der Waals surface area (Å²) < 4.78 is 11.1. The van der Waals surface area contributed by atoms with Crippen molar-refractivity contribution in [1.29, 1.82) is 0 Å². The van der Waals surface area contributed by atoms with Crippen molar-refractivity contribution in [2.75, 3.05) is 6.61 Å².